The van der Waals surface area contributed by atoms with Gasteiger partial charge >= 0.3 is 6.03 Å². The molecule has 2 rings (SSSR count). The molecule has 0 radical (unpaired) electrons. The van der Waals surface area contributed by atoms with Gasteiger partial charge in [0, 0.05) is 46.3 Å². The number of carbonyl (C=O) groups excluding carboxylic acids is 3. The number of hydrogen-bond donors (Lipinski definition) is 2. The topological polar surface area (TPSA) is 81.8 Å². The van der Waals surface area contributed by atoms with Gasteiger partial charge in [0.1, 0.15) is 0 Å². The number of carbonyl (C=O) groups is 3. The number of nitrogens with zero attached hydrogens (tertiary/aromatic N) is 2. The van der Waals surface area contributed by atoms with E-state index >= 15 is 0 Å². The van der Waals surface area contributed by atoms with Crippen LogP contribution in [0.4, 0.5) is 4.79 Å². The molecule has 136 valence electrons. The van der Waals surface area contributed by atoms with Crippen LogP contribution in [0.1, 0.15) is 28.8 Å². The molecule has 7 nitrogen and oxygen atoms in total. The Kier molecular flexibility index (Phi) is 6.38. The lowest BCUT2D eigenvalue weighted by Gasteiger charge is -2.33. The molecular weight excluding hydrogens is 320 g/mol. The Morgan fingerprint density at radius 1 is 1.28 bits per heavy atom. The molecule has 0 spiro atoms. The third-order valence-electron chi connectivity index (χ3n) is 4.33. The zero-order valence-corrected chi connectivity index (χ0v) is 15.0. The molecule has 4 amide bonds. The quantitative estimate of drug-likeness (QED) is 0.855. The molecule has 0 saturated carbocycles. The SMILES string of the molecule is CNC(=O)c1cccc(CNC(=O)C2CCCN(C(=O)N(C)C)C2)c1. The van der Waals surface area contributed by atoms with Crippen molar-refractivity contribution in [2.45, 2.75) is 19.4 Å². The van der Waals surface area contributed by atoms with Crippen molar-refractivity contribution in [1.82, 2.24) is 20.4 Å². The second-order valence-corrected chi connectivity index (χ2v) is 6.46. The molecule has 1 unspecified atom stereocenters. The molecule has 1 aromatic rings. The summed E-state index contributed by atoms with van der Waals surface area (Å²) in [5.74, 6) is -0.403. The van der Waals surface area contributed by atoms with Crippen LogP contribution >= 0.6 is 0 Å². The van der Waals surface area contributed by atoms with Gasteiger partial charge in [-0.3, -0.25) is 9.59 Å². The van der Waals surface area contributed by atoms with Crippen molar-refractivity contribution in [3.05, 3.63) is 35.4 Å². The van der Waals surface area contributed by atoms with Gasteiger partial charge in [0.05, 0.1) is 5.92 Å². The second-order valence-electron chi connectivity index (χ2n) is 6.46. The van der Waals surface area contributed by atoms with E-state index in [4.69, 9.17) is 0 Å². The average molecular weight is 346 g/mol. The minimum absolute atomic E-state index is 0.0541. The van der Waals surface area contributed by atoms with Crippen LogP contribution in [0.3, 0.4) is 0 Å². The van der Waals surface area contributed by atoms with Gasteiger partial charge in [-0.2, -0.15) is 0 Å². The zero-order valence-electron chi connectivity index (χ0n) is 15.0. The zero-order chi connectivity index (χ0) is 18.4. The van der Waals surface area contributed by atoms with Crippen LogP contribution in [0.2, 0.25) is 0 Å². The van der Waals surface area contributed by atoms with Crippen molar-refractivity contribution in [3.63, 3.8) is 0 Å². The fraction of sp³-hybridized carbons (Fsp3) is 0.500. The maximum absolute atomic E-state index is 12.4. The number of rotatable bonds is 4. The molecule has 1 saturated heterocycles. The van der Waals surface area contributed by atoms with Crippen molar-refractivity contribution >= 4 is 17.8 Å². The molecule has 1 heterocycles. The van der Waals surface area contributed by atoms with E-state index in [0.29, 0.717) is 25.2 Å². The van der Waals surface area contributed by atoms with Crippen molar-refractivity contribution in [3.8, 4) is 0 Å². The number of nitrogens with one attached hydrogen (secondary N) is 2. The fourth-order valence-corrected chi connectivity index (χ4v) is 2.95. The largest absolute Gasteiger partial charge is 0.355 e. The van der Waals surface area contributed by atoms with Gasteiger partial charge in [-0.25, -0.2) is 4.79 Å². The van der Waals surface area contributed by atoms with Crippen molar-refractivity contribution < 1.29 is 14.4 Å². The average Bonchev–Trinajstić information content (AvgIpc) is 2.65. The van der Waals surface area contributed by atoms with E-state index in [1.165, 1.54) is 4.90 Å². The Labute approximate surface area is 148 Å². The van der Waals surface area contributed by atoms with E-state index in [-0.39, 0.29) is 23.8 Å². The molecule has 25 heavy (non-hydrogen) atoms. The van der Waals surface area contributed by atoms with Gasteiger partial charge in [0.25, 0.3) is 5.91 Å². The number of hydrogen-bond acceptors (Lipinski definition) is 3. The van der Waals surface area contributed by atoms with Gasteiger partial charge in [-0.05, 0) is 30.5 Å². The van der Waals surface area contributed by atoms with Crippen LogP contribution in [0, 0.1) is 5.92 Å². The summed E-state index contributed by atoms with van der Waals surface area (Å²) in [6.07, 6.45) is 1.60. The molecule has 0 bridgehead atoms. The molecule has 7 heteroatoms. The smallest absolute Gasteiger partial charge is 0.319 e. The first-order valence-corrected chi connectivity index (χ1v) is 8.47. The normalized spacial score (nSPS) is 16.9. The van der Waals surface area contributed by atoms with Crippen LogP contribution in [0.5, 0.6) is 0 Å². The van der Waals surface area contributed by atoms with Gasteiger partial charge in [0.2, 0.25) is 5.91 Å². The summed E-state index contributed by atoms with van der Waals surface area (Å²) >= 11 is 0. The van der Waals surface area contributed by atoms with E-state index in [2.05, 4.69) is 10.6 Å². The van der Waals surface area contributed by atoms with Gasteiger partial charge in [0.15, 0.2) is 0 Å². The maximum atomic E-state index is 12.4. The summed E-state index contributed by atoms with van der Waals surface area (Å²) in [4.78, 5) is 39.4. The van der Waals surface area contributed by atoms with E-state index in [9.17, 15) is 14.4 Å². The number of urea groups is 1. The second kappa shape index (κ2) is 8.50. The first kappa shape index (κ1) is 18.8. The van der Waals surface area contributed by atoms with Crippen molar-refractivity contribution in [2.24, 2.45) is 5.92 Å². The summed E-state index contributed by atoms with van der Waals surface area (Å²) < 4.78 is 0. The Hall–Kier alpha value is -2.57. The highest BCUT2D eigenvalue weighted by atomic mass is 16.2. The lowest BCUT2D eigenvalue weighted by molar-refractivity contribution is -0.126. The van der Waals surface area contributed by atoms with Gasteiger partial charge in [-0.15, -0.1) is 0 Å². The number of amides is 4. The van der Waals surface area contributed by atoms with E-state index in [0.717, 1.165) is 18.4 Å². The number of likely N-dealkylation sites (tertiary alicyclic amines) is 1. The molecule has 1 aliphatic heterocycles. The summed E-state index contributed by atoms with van der Waals surface area (Å²) in [6, 6.07) is 7.10. The molecule has 2 N–H and O–H groups in total. The summed E-state index contributed by atoms with van der Waals surface area (Å²) in [5.41, 5.74) is 1.43. The highest BCUT2D eigenvalue weighted by molar-refractivity contribution is 5.94. The van der Waals surface area contributed by atoms with E-state index < -0.39 is 0 Å². The molecule has 0 aliphatic carbocycles. The van der Waals surface area contributed by atoms with Crippen molar-refractivity contribution in [2.75, 3.05) is 34.2 Å². The molecular formula is C18H26N4O3. The van der Waals surface area contributed by atoms with Crippen LogP contribution in [0.25, 0.3) is 0 Å². The molecule has 0 aromatic heterocycles. The first-order valence-electron chi connectivity index (χ1n) is 8.47. The summed E-state index contributed by atoms with van der Waals surface area (Å²) in [6.45, 7) is 1.50. The molecule has 1 atom stereocenters. The van der Waals surface area contributed by atoms with Gasteiger partial charge < -0.3 is 20.4 Å². The summed E-state index contributed by atoms with van der Waals surface area (Å²) in [5, 5.41) is 5.50. The highest BCUT2D eigenvalue weighted by Crippen LogP contribution is 2.18. The number of benzene rings is 1. The molecule has 1 aromatic carbocycles. The highest BCUT2D eigenvalue weighted by Gasteiger charge is 2.28. The number of piperidine rings is 1. The van der Waals surface area contributed by atoms with Crippen LogP contribution in [0.15, 0.2) is 24.3 Å². The predicted molar refractivity (Wildman–Crippen MR) is 95.1 cm³/mol. The molecule has 1 aliphatic rings. The van der Waals surface area contributed by atoms with E-state index in [1.54, 1.807) is 44.2 Å². The first-order chi connectivity index (χ1) is 11.9. The lowest BCUT2D eigenvalue weighted by Crippen LogP contribution is -2.48. The third-order valence-corrected chi connectivity index (χ3v) is 4.33. The van der Waals surface area contributed by atoms with Gasteiger partial charge in [-0.1, -0.05) is 12.1 Å². The Bertz CT molecular complexity index is 645. The monoisotopic (exact) mass is 346 g/mol. The minimum Gasteiger partial charge on any atom is -0.355 e. The standard InChI is InChI=1S/C18H26N4O3/c1-19-16(23)14-7-4-6-13(10-14)11-20-17(24)15-8-5-9-22(12-15)18(25)21(2)3/h4,6-7,10,15H,5,8-9,11-12H2,1-3H3,(H,19,23)(H,20,24). The fourth-order valence-electron chi connectivity index (χ4n) is 2.95. The molecule has 1 fully saturated rings. The predicted octanol–water partition coefficient (Wildman–Crippen LogP) is 1.06. The Morgan fingerprint density at radius 2 is 2.04 bits per heavy atom. The lowest BCUT2D eigenvalue weighted by atomic mass is 9.97. The van der Waals surface area contributed by atoms with Crippen LogP contribution < -0.4 is 10.6 Å². The van der Waals surface area contributed by atoms with E-state index in [1.807, 2.05) is 6.07 Å². The van der Waals surface area contributed by atoms with Crippen LogP contribution in [-0.4, -0.2) is 61.9 Å². The summed E-state index contributed by atoms with van der Waals surface area (Å²) in [7, 11) is 5.01. The van der Waals surface area contributed by atoms with Crippen molar-refractivity contribution in [1.29, 1.82) is 0 Å². The maximum Gasteiger partial charge on any atom is 0.319 e. The Morgan fingerprint density at radius 3 is 2.72 bits per heavy atom. The third kappa shape index (κ3) is 4.95. The minimum atomic E-state index is -0.195. The Balaban J connectivity index is 1.91. The van der Waals surface area contributed by atoms with Crippen LogP contribution in [-0.2, 0) is 11.3 Å².